The summed E-state index contributed by atoms with van der Waals surface area (Å²) in [5.41, 5.74) is 2.49. The van der Waals surface area contributed by atoms with Crippen LogP contribution in [-0.2, 0) is 0 Å². The van der Waals surface area contributed by atoms with Gasteiger partial charge in [0.05, 0.1) is 11.2 Å². The summed E-state index contributed by atoms with van der Waals surface area (Å²) >= 11 is 1.37. The van der Waals surface area contributed by atoms with Gasteiger partial charge in [-0.15, -0.1) is 11.3 Å². The Labute approximate surface area is 69.5 Å². The lowest BCUT2D eigenvalue weighted by molar-refractivity contribution is 0.0959. The van der Waals surface area contributed by atoms with Crippen LogP contribution in [0.25, 0.3) is 0 Å². The third kappa shape index (κ3) is 1.77. The monoisotopic (exact) mass is 170 g/mol. The van der Waals surface area contributed by atoms with Crippen LogP contribution in [0.4, 0.5) is 0 Å². The standard InChI is InChI=1S/C7H10N2OS/c1-3-8-7(10)6-5(2)9-4-11-6/h4H,3H2,1-2H3,(H,8,10). The van der Waals surface area contributed by atoms with E-state index < -0.39 is 0 Å². The van der Waals surface area contributed by atoms with Crippen LogP contribution in [0.5, 0.6) is 0 Å². The highest BCUT2D eigenvalue weighted by Gasteiger charge is 2.09. The van der Waals surface area contributed by atoms with Gasteiger partial charge in [0.25, 0.3) is 5.91 Å². The number of amides is 1. The zero-order valence-corrected chi connectivity index (χ0v) is 7.36. The number of aromatic nitrogens is 1. The van der Waals surface area contributed by atoms with E-state index in [0.717, 1.165) is 5.69 Å². The second-order valence-corrected chi connectivity index (χ2v) is 2.98. The number of hydrogen-bond donors (Lipinski definition) is 1. The van der Waals surface area contributed by atoms with E-state index in [0.29, 0.717) is 11.4 Å². The molecule has 0 aliphatic carbocycles. The van der Waals surface area contributed by atoms with Gasteiger partial charge in [0, 0.05) is 6.54 Å². The van der Waals surface area contributed by atoms with Crippen molar-refractivity contribution in [3.05, 3.63) is 16.1 Å². The van der Waals surface area contributed by atoms with E-state index in [-0.39, 0.29) is 5.91 Å². The number of nitrogens with one attached hydrogen (secondary N) is 1. The fourth-order valence-electron chi connectivity index (χ4n) is 0.761. The third-order valence-electron chi connectivity index (χ3n) is 1.29. The smallest absolute Gasteiger partial charge is 0.263 e. The molecule has 1 aromatic rings. The van der Waals surface area contributed by atoms with Crippen LogP contribution in [0.15, 0.2) is 5.51 Å². The van der Waals surface area contributed by atoms with Gasteiger partial charge in [-0.2, -0.15) is 0 Å². The molecule has 0 unspecified atom stereocenters. The molecule has 1 N–H and O–H groups in total. The van der Waals surface area contributed by atoms with Crippen molar-refractivity contribution >= 4 is 17.2 Å². The minimum atomic E-state index is -0.0208. The molecule has 0 aliphatic rings. The number of aryl methyl sites for hydroxylation is 1. The highest BCUT2D eigenvalue weighted by molar-refractivity contribution is 7.11. The molecule has 60 valence electrons. The predicted octanol–water partition coefficient (Wildman–Crippen LogP) is 1.20. The molecule has 11 heavy (non-hydrogen) atoms. The van der Waals surface area contributed by atoms with Crippen LogP contribution < -0.4 is 5.32 Å². The number of carbonyl (C=O) groups is 1. The van der Waals surface area contributed by atoms with Crippen LogP contribution in [0.3, 0.4) is 0 Å². The Bertz CT molecular complexity index is 257. The summed E-state index contributed by atoms with van der Waals surface area (Å²) in [6, 6.07) is 0. The molecule has 4 heteroatoms. The molecule has 0 aromatic carbocycles. The topological polar surface area (TPSA) is 42.0 Å². The summed E-state index contributed by atoms with van der Waals surface area (Å²) < 4.78 is 0. The van der Waals surface area contributed by atoms with Gasteiger partial charge in [0.1, 0.15) is 4.88 Å². The number of nitrogens with zero attached hydrogens (tertiary/aromatic N) is 1. The maximum Gasteiger partial charge on any atom is 0.263 e. The molecule has 1 amide bonds. The van der Waals surface area contributed by atoms with E-state index in [1.807, 2.05) is 13.8 Å². The van der Waals surface area contributed by atoms with Crippen molar-refractivity contribution < 1.29 is 4.79 Å². The summed E-state index contributed by atoms with van der Waals surface area (Å²) in [5.74, 6) is -0.0208. The largest absolute Gasteiger partial charge is 0.352 e. The van der Waals surface area contributed by atoms with Gasteiger partial charge < -0.3 is 5.32 Å². The van der Waals surface area contributed by atoms with Crippen molar-refractivity contribution in [1.82, 2.24) is 10.3 Å². The van der Waals surface area contributed by atoms with Gasteiger partial charge in [0.2, 0.25) is 0 Å². The first kappa shape index (κ1) is 8.20. The third-order valence-corrected chi connectivity index (χ3v) is 2.22. The molecule has 1 heterocycles. The SMILES string of the molecule is CCNC(=O)c1scnc1C. The highest BCUT2D eigenvalue weighted by atomic mass is 32.1. The first-order chi connectivity index (χ1) is 5.25. The fourth-order valence-corrected chi connectivity index (χ4v) is 1.48. The Morgan fingerprint density at radius 1 is 1.82 bits per heavy atom. The second-order valence-electron chi connectivity index (χ2n) is 2.13. The maximum atomic E-state index is 11.2. The van der Waals surface area contributed by atoms with E-state index in [1.165, 1.54) is 11.3 Å². The molecule has 1 aromatic heterocycles. The molecule has 3 nitrogen and oxygen atoms in total. The molecule has 0 fully saturated rings. The van der Waals surface area contributed by atoms with E-state index >= 15 is 0 Å². The van der Waals surface area contributed by atoms with Crippen LogP contribution in [0.2, 0.25) is 0 Å². The highest BCUT2D eigenvalue weighted by Crippen LogP contribution is 2.10. The Hall–Kier alpha value is -0.900. The zero-order valence-electron chi connectivity index (χ0n) is 6.55. The normalized spacial score (nSPS) is 9.64. The number of hydrogen-bond acceptors (Lipinski definition) is 3. The second kappa shape index (κ2) is 3.48. The predicted molar refractivity (Wildman–Crippen MR) is 44.9 cm³/mol. The van der Waals surface area contributed by atoms with Gasteiger partial charge in [0.15, 0.2) is 0 Å². The van der Waals surface area contributed by atoms with Gasteiger partial charge >= 0.3 is 0 Å². The van der Waals surface area contributed by atoms with Gasteiger partial charge in [-0.25, -0.2) is 4.98 Å². The van der Waals surface area contributed by atoms with Crippen LogP contribution in [0, 0.1) is 6.92 Å². The Balaban J connectivity index is 2.76. The van der Waals surface area contributed by atoms with Gasteiger partial charge in [-0.05, 0) is 13.8 Å². The fraction of sp³-hybridized carbons (Fsp3) is 0.429. The Morgan fingerprint density at radius 3 is 3.00 bits per heavy atom. The van der Waals surface area contributed by atoms with Gasteiger partial charge in [-0.1, -0.05) is 0 Å². The average molecular weight is 170 g/mol. The van der Waals surface area contributed by atoms with E-state index in [2.05, 4.69) is 10.3 Å². The van der Waals surface area contributed by atoms with Crippen molar-refractivity contribution in [1.29, 1.82) is 0 Å². The van der Waals surface area contributed by atoms with Crippen LogP contribution in [0.1, 0.15) is 22.3 Å². The summed E-state index contributed by atoms with van der Waals surface area (Å²) in [6.45, 7) is 4.39. The molecule has 1 rings (SSSR count). The molecule has 0 radical (unpaired) electrons. The number of thiazole rings is 1. The molecule has 0 atom stereocenters. The lowest BCUT2D eigenvalue weighted by atomic mass is 10.4. The first-order valence-electron chi connectivity index (χ1n) is 3.44. The first-order valence-corrected chi connectivity index (χ1v) is 4.32. The minimum absolute atomic E-state index is 0.0208. The Kier molecular flexibility index (Phi) is 2.59. The minimum Gasteiger partial charge on any atom is -0.352 e. The van der Waals surface area contributed by atoms with E-state index in [9.17, 15) is 4.79 Å². The van der Waals surface area contributed by atoms with Crippen molar-refractivity contribution in [2.45, 2.75) is 13.8 Å². The molecular formula is C7H10N2OS. The molecule has 0 spiro atoms. The summed E-state index contributed by atoms with van der Waals surface area (Å²) in [4.78, 5) is 15.9. The van der Waals surface area contributed by atoms with Crippen molar-refractivity contribution in [2.24, 2.45) is 0 Å². The lowest BCUT2D eigenvalue weighted by Crippen LogP contribution is -2.22. The molecular weight excluding hydrogens is 160 g/mol. The van der Waals surface area contributed by atoms with Crippen molar-refractivity contribution in [2.75, 3.05) is 6.54 Å². The van der Waals surface area contributed by atoms with Crippen molar-refractivity contribution in [3.63, 3.8) is 0 Å². The van der Waals surface area contributed by atoms with E-state index in [1.54, 1.807) is 5.51 Å². The average Bonchev–Trinajstić information content (AvgIpc) is 2.36. The number of rotatable bonds is 2. The molecule has 0 aliphatic heterocycles. The van der Waals surface area contributed by atoms with Crippen LogP contribution in [-0.4, -0.2) is 17.4 Å². The zero-order chi connectivity index (χ0) is 8.27. The van der Waals surface area contributed by atoms with E-state index in [4.69, 9.17) is 0 Å². The van der Waals surface area contributed by atoms with Crippen LogP contribution >= 0.6 is 11.3 Å². The Morgan fingerprint density at radius 2 is 2.55 bits per heavy atom. The van der Waals surface area contributed by atoms with Crippen molar-refractivity contribution in [3.8, 4) is 0 Å². The maximum absolute atomic E-state index is 11.2. The molecule has 0 saturated heterocycles. The summed E-state index contributed by atoms with van der Waals surface area (Å²) in [5, 5.41) is 2.72. The molecule has 0 bridgehead atoms. The quantitative estimate of drug-likeness (QED) is 0.724. The number of carbonyl (C=O) groups excluding carboxylic acids is 1. The van der Waals surface area contributed by atoms with Gasteiger partial charge in [-0.3, -0.25) is 4.79 Å². The lowest BCUT2D eigenvalue weighted by Gasteiger charge is -1.97. The summed E-state index contributed by atoms with van der Waals surface area (Å²) in [6.07, 6.45) is 0. The molecule has 0 saturated carbocycles. The summed E-state index contributed by atoms with van der Waals surface area (Å²) in [7, 11) is 0.